The van der Waals surface area contributed by atoms with Crippen LogP contribution >= 0.6 is 27.3 Å². The van der Waals surface area contributed by atoms with Crippen LogP contribution < -0.4 is 5.32 Å². The second-order valence-electron chi connectivity index (χ2n) is 4.70. The summed E-state index contributed by atoms with van der Waals surface area (Å²) in [6, 6.07) is 4.77. The van der Waals surface area contributed by atoms with Crippen LogP contribution in [-0.2, 0) is 4.74 Å². The summed E-state index contributed by atoms with van der Waals surface area (Å²) in [5.74, 6) is 0. The number of ether oxygens (including phenoxy) is 1. The van der Waals surface area contributed by atoms with Gasteiger partial charge in [-0.15, -0.1) is 11.3 Å². The third-order valence-electron chi connectivity index (χ3n) is 3.66. The molecule has 1 N–H and O–H groups in total. The van der Waals surface area contributed by atoms with Gasteiger partial charge in [-0.1, -0.05) is 6.92 Å². The van der Waals surface area contributed by atoms with E-state index in [0.717, 1.165) is 13.0 Å². The molecule has 2 nitrogen and oxygen atoms in total. The molecule has 0 amide bonds. The average Bonchev–Trinajstić information content (AvgIpc) is 2.69. The van der Waals surface area contributed by atoms with Gasteiger partial charge in [-0.3, -0.25) is 0 Å². The number of hydrogen-bond acceptors (Lipinski definition) is 3. The van der Waals surface area contributed by atoms with Crippen molar-refractivity contribution >= 4 is 27.3 Å². The highest BCUT2D eigenvalue weighted by Crippen LogP contribution is 2.43. The van der Waals surface area contributed by atoms with Gasteiger partial charge in [0.15, 0.2) is 0 Å². The highest BCUT2D eigenvalue weighted by Gasteiger charge is 2.39. The Labute approximate surface area is 116 Å². The Morgan fingerprint density at radius 3 is 2.71 bits per heavy atom. The number of nitrogens with one attached hydrogen (secondary N) is 1. The number of hydrogen-bond donors (Lipinski definition) is 1. The maximum Gasteiger partial charge on any atom is 0.0701 e. The van der Waals surface area contributed by atoms with Crippen LogP contribution in [0.1, 0.15) is 43.5 Å². The molecule has 0 bridgehead atoms. The Hall–Kier alpha value is 0.1000. The van der Waals surface area contributed by atoms with E-state index in [0.29, 0.717) is 6.04 Å². The maximum atomic E-state index is 5.73. The fraction of sp³-hybridized carbons (Fsp3) is 0.692. The van der Waals surface area contributed by atoms with Gasteiger partial charge >= 0.3 is 0 Å². The largest absolute Gasteiger partial charge is 0.378 e. The molecule has 1 aromatic rings. The fourth-order valence-corrected chi connectivity index (χ4v) is 3.97. The zero-order valence-corrected chi connectivity index (χ0v) is 12.9. The van der Waals surface area contributed by atoms with Crippen LogP contribution in [0.5, 0.6) is 0 Å². The summed E-state index contributed by atoms with van der Waals surface area (Å²) in [6.45, 7) is 3.16. The first-order chi connectivity index (χ1) is 8.19. The van der Waals surface area contributed by atoms with E-state index in [1.807, 2.05) is 18.4 Å². The minimum atomic E-state index is 0.128. The van der Waals surface area contributed by atoms with E-state index in [1.165, 1.54) is 27.9 Å². The second kappa shape index (κ2) is 5.83. The summed E-state index contributed by atoms with van der Waals surface area (Å²) < 4.78 is 6.94. The van der Waals surface area contributed by atoms with Crippen molar-refractivity contribution in [2.45, 2.75) is 44.2 Å². The summed E-state index contributed by atoms with van der Waals surface area (Å²) >= 11 is 5.36. The Morgan fingerprint density at radius 2 is 2.29 bits per heavy atom. The lowest BCUT2D eigenvalue weighted by Crippen LogP contribution is -2.42. The average molecular weight is 318 g/mol. The van der Waals surface area contributed by atoms with Crippen molar-refractivity contribution in [3.63, 3.8) is 0 Å². The number of halogens is 1. The summed E-state index contributed by atoms with van der Waals surface area (Å²) in [7, 11) is 1.85. The Kier molecular flexibility index (Phi) is 4.64. The van der Waals surface area contributed by atoms with Gasteiger partial charge in [0.05, 0.1) is 9.39 Å². The smallest absolute Gasteiger partial charge is 0.0701 e. The van der Waals surface area contributed by atoms with Crippen LogP contribution in [0.4, 0.5) is 0 Å². The molecule has 1 atom stereocenters. The topological polar surface area (TPSA) is 21.3 Å². The quantitative estimate of drug-likeness (QED) is 0.852. The molecule has 17 heavy (non-hydrogen) atoms. The molecule has 1 aromatic heterocycles. The predicted octanol–water partition coefficient (Wildman–Crippen LogP) is 4.12. The first-order valence-electron chi connectivity index (χ1n) is 6.23. The lowest BCUT2D eigenvalue weighted by molar-refractivity contribution is -0.0835. The van der Waals surface area contributed by atoms with Crippen molar-refractivity contribution < 1.29 is 4.74 Å². The van der Waals surface area contributed by atoms with Crippen LogP contribution in [0, 0.1) is 0 Å². The molecule has 0 aliphatic heterocycles. The van der Waals surface area contributed by atoms with Gasteiger partial charge in [0, 0.05) is 18.0 Å². The minimum Gasteiger partial charge on any atom is -0.378 e. The Balaban J connectivity index is 2.06. The minimum absolute atomic E-state index is 0.128. The molecule has 1 unspecified atom stereocenters. The molecule has 0 radical (unpaired) electrons. The van der Waals surface area contributed by atoms with Crippen molar-refractivity contribution in [2.24, 2.45) is 0 Å². The van der Waals surface area contributed by atoms with Gasteiger partial charge in [0.1, 0.15) is 0 Å². The molecule has 2 rings (SSSR count). The molecular weight excluding hydrogens is 298 g/mol. The summed E-state index contributed by atoms with van der Waals surface area (Å²) in [4.78, 5) is 1.40. The molecule has 0 spiro atoms. The van der Waals surface area contributed by atoms with Crippen molar-refractivity contribution in [2.75, 3.05) is 13.7 Å². The molecule has 1 aliphatic carbocycles. The van der Waals surface area contributed by atoms with Crippen molar-refractivity contribution in [1.29, 1.82) is 0 Å². The highest BCUT2D eigenvalue weighted by atomic mass is 79.9. The van der Waals surface area contributed by atoms with Gasteiger partial charge in [-0.2, -0.15) is 0 Å². The van der Waals surface area contributed by atoms with Crippen molar-refractivity contribution in [3.05, 3.63) is 20.8 Å². The molecule has 0 aromatic carbocycles. The lowest BCUT2D eigenvalue weighted by Gasteiger charge is -2.42. The van der Waals surface area contributed by atoms with Crippen LogP contribution in [0.3, 0.4) is 0 Å². The summed E-state index contributed by atoms with van der Waals surface area (Å²) in [5.41, 5.74) is 0.128. The predicted molar refractivity (Wildman–Crippen MR) is 76.6 cm³/mol. The lowest BCUT2D eigenvalue weighted by atomic mass is 9.75. The highest BCUT2D eigenvalue weighted by molar-refractivity contribution is 9.11. The molecule has 0 saturated heterocycles. The zero-order chi connectivity index (χ0) is 12.3. The molecule has 1 saturated carbocycles. The molecule has 1 aliphatic rings. The molecule has 1 heterocycles. The molecule has 96 valence electrons. The molecule has 4 heteroatoms. The van der Waals surface area contributed by atoms with Gasteiger partial charge < -0.3 is 10.1 Å². The Bertz CT molecular complexity index is 357. The fourth-order valence-electron chi connectivity index (χ4n) is 2.47. The number of rotatable bonds is 6. The normalized spacial score (nSPS) is 19.9. The van der Waals surface area contributed by atoms with E-state index in [9.17, 15) is 0 Å². The first kappa shape index (κ1) is 13.5. The standard InChI is InChI=1S/C13H20BrNOS/c1-3-15-10(11-5-6-12(14)17-11)9-13(16-2)7-4-8-13/h5-6,10,15H,3-4,7-9H2,1-2H3. The van der Waals surface area contributed by atoms with Gasteiger partial charge in [-0.05, 0) is 60.3 Å². The van der Waals surface area contributed by atoms with E-state index >= 15 is 0 Å². The number of methoxy groups -OCH3 is 1. The van der Waals surface area contributed by atoms with E-state index in [1.54, 1.807) is 0 Å². The van der Waals surface area contributed by atoms with Crippen molar-refractivity contribution in [1.82, 2.24) is 5.32 Å². The molecule has 1 fully saturated rings. The van der Waals surface area contributed by atoms with Gasteiger partial charge in [0.25, 0.3) is 0 Å². The monoisotopic (exact) mass is 317 g/mol. The van der Waals surface area contributed by atoms with Crippen LogP contribution in [0.2, 0.25) is 0 Å². The van der Waals surface area contributed by atoms with E-state index < -0.39 is 0 Å². The van der Waals surface area contributed by atoms with E-state index in [4.69, 9.17) is 4.74 Å². The SMILES string of the molecule is CCNC(CC1(OC)CCC1)c1ccc(Br)s1. The van der Waals surface area contributed by atoms with Gasteiger partial charge in [-0.25, -0.2) is 0 Å². The zero-order valence-electron chi connectivity index (χ0n) is 10.5. The van der Waals surface area contributed by atoms with Gasteiger partial charge in [0.2, 0.25) is 0 Å². The van der Waals surface area contributed by atoms with Crippen LogP contribution in [0.25, 0.3) is 0 Å². The summed E-state index contributed by atoms with van der Waals surface area (Å²) in [5, 5.41) is 3.58. The Morgan fingerprint density at radius 1 is 1.53 bits per heavy atom. The maximum absolute atomic E-state index is 5.73. The van der Waals surface area contributed by atoms with E-state index in [-0.39, 0.29) is 5.60 Å². The third kappa shape index (κ3) is 3.11. The molecular formula is C13H20BrNOS. The van der Waals surface area contributed by atoms with Crippen LogP contribution in [-0.4, -0.2) is 19.3 Å². The first-order valence-corrected chi connectivity index (χ1v) is 7.84. The second-order valence-corrected chi connectivity index (χ2v) is 7.19. The van der Waals surface area contributed by atoms with E-state index in [2.05, 4.69) is 40.3 Å². The summed E-state index contributed by atoms with van der Waals surface area (Å²) in [6.07, 6.45) is 4.81. The van der Waals surface area contributed by atoms with Crippen molar-refractivity contribution in [3.8, 4) is 0 Å². The van der Waals surface area contributed by atoms with Crippen LogP contribution in [0.15, 0.2) is 15.9 Å². The number of thiophene rings is 1. The third-order valence-corrected chi connectivity index (χ3v) is 5.40.